The van der Waals surface area contributed by atoms with Crippen LogP contribution in [0.5, 0.6) is 0 Å². The molecule has 1 aromatic rings. The maximum Gasteiger partial charge on any atom is 0.282 e. The van der Waals surface area contributed by atoms with Crippen LogP contribution in [0, 0.1) is 5.41 Å². The second kappa shape index (κ2) is 5.22. The number of nitrogens with one attached hydrogen (secondary N) is 2. The first-order chi connectivity index (χ1) is 8.50. The number of hydrogen-bond donors (Lipinski definition) is 2. The molecule has 1 aromatic heterocycles. The maximum absolute atomic E-state index is 12.0. The fraction of sp³-hybridized carbons (Fsp3) is 0.750. The Bertz CT molecular complexity index is 429. The molecular formula is C12H20N4OS. The highest BCUT2D eigenvalue weighted by Crippen LogP contribution is 2.35. The number of rotatable bonds is 3. The van der Waals surface area contributed by atoms with Crippen molar-refractivity contribution in [3.63, 3.8) is 0 Å². The van der Waals surface area contributed by atoms with Crippen LogP contribution in [0.15, 0.2) is 0 Å². The fourth-order valence-corrected chi connectivity index (χ4v) is 3.08. The molecule has 1 saturated carbocycles. The molecule has 2 rings (SSSR count). The molecule has 0 spiro atoms. The quantitative estimate of drug-likeness (QED) is 0.882. The van der Waals surface area contributed by atoms with Gasteiger partial charge < -0.3 is 10.6 Å². The zero-order chi connectivity index (χ0) is 13.2. The number of anilines is 1. The Morgan fingerprint density at radius 2 is 2.22 bits per heavy atom. The molecule has 1 fully saturated rings. The summed E-state index contributed by atoms with van der Waals surface area (Å²) in [5.41, 5.74) is 0.327. The van der Waals surface area contributed by atoms with E-state index in [1.807, 2.05) is 0 Å². The van der Waals surface area contributed by atoms with Gasteiger partial charge in [0.2, 0.25) is 10.1 Å². The second-order valence-corrected chi connectivity index (χ2v) is 6.57. The molecule has 5 nitrogen and oxygen atoms in total. The van der Waals surface area contributed by atoms with E-state index in [2.05, 4.69) is 34.7 Å². The Balaban J connectivity index is 1.94. The lowest BCUT2D eigenvalue weighted by Gasteiger charge is -2.35. The molecule has 0 radical (unpaired) electrons. The summed E-state index contributed by atoms with van der Waals surface area (Å²) in [5.74, 6) is -0.100. The van der Waals surface area contributed by atoms with Crippen molar-refractivity contribution in [2.24, 2.45) is 5.41 Å². The van der Waals surface area contributed by atoms with Crippen molar-refractivity contribution in [3.8, 4) is 0 Å². The van der Waals surface area contributed by atoms with E-state index in [9.17, 15) is 4.79 Å². The van der Waals surface area contributed by atoms with Crippen molar-refractivity contribution in [1.29, 1.82) is 0 Å². The van der Waals surface area contributed by atoms with E-state index >= 15 is 0 Å². The van der Waals surface area contributed by atoms with Gasteiger partial charge in [-0.1, -0.05) is 31.6 Å². The molecule has 1 amide bonds. The minimum atomic E-state index is -0.100. The largest absolute Gasteiger partial charge is 0.363 e. The minimum absolute atomic E-state index is 0.100. The van der Waals surface area contributed by atoms with E-state index < -0.39 is 0 Å². The first-order valence-corrected chi connectivity index (χ1v) is 7.14. The van der Waals surface area contributed by atoms with Crippen molar-refractivity contribution in [2.75, 3.05) is 12.4 Å². The van der Waals surface area contributed by atoms with E-state index in [1.54, 1.807) is 7.05 Å². The smallest absolute Gasteiger partial charge is 0.282 e. The van der Waals surface area contributed by atoms with Crippen LogP contribution < -0.4 is 10.6 Å². The molecule has 6 heteroatoms. The molecule has 1 unspecified atom stereocenters. The van der Waals surface area contributed by atoms with Gasteiger partial charge in [0.25, 0.3) is 5.91 Å². The van der Waals surface area contributed by atoms with Gasteiger partial charge in [-0.2, -0.15) is 0 Å². The van der Waals surface area contributed by atoms with Gasteiger partial charge in [0.1, 0.15) is 0 Å². The van der Waals surface area contributed by atoms with Gasteiger partial charge in [0, 0.05) is 13.1 Å². The monoisotopic (exact) mass is 268 g/mol. The number of amides is 1. The lowest BCUT2D eigenvalue weighted by Crippen LogP contribution is -2.40. The number of carbonyl (C=O) groups is 1. The highest BCUT2D eigenvalue weighted by Gasteiger charge is 2.29. The molecule has 0 aliphatic heterocycles. The van der Waals surface area contributed by atoms with E-state index in [0.29, 0.717) is 15.6 Å². The third-order valence-corrected chi connectivity index (χ3v) is 4.31. The topological polar surface area (TPSA) is 66.9 Å². The van der Waals surface area contributed by atoms with Crippen LogP contribution >= 0.6 is 11.3 Å². The van der Waals surface area contributed by atoms with Crippen molar-refractivity contribution in [1.82, 2.24) is 15.5 Å². The van der Waals surface area contributed by atoms with Crippen LogP contribution in [0.1, 0.15) is 49.3 Å². The van der Waals surface area contributed by atoms with Crippen LogP contribution in [0.3, 0.4) is 0 Å². The molecule has 0 bridgehead atoms. The maximum atomic E-state index is 12.0. The van der Waals surface area contributed by atoms with Gasteiger partial charge in [0.05, 0.1) is 0 Å². The van der Waals surface area contributed by atoms with Gasteiger partial charge in [-0.25, -0.2) is 0 Å². The first kappa shape index (κ1) is 13.3. The van der Waals surface area contributed by atoms with Gasteiger partial charge in [0.15, 0.2) is 0 Å². The van der Waals surface area contributed by atoms with Crippen LogP contribution in [0.25, 0.3) is 0 Å². The molecule has 0 saturated heterocycles. The number of nitrogens with zero attached hydrogens (tertiary/aromatic N) is 2. The Hall–Kier alpha value is -1.17. The van der Waals surface area contributed by atoms with E-state index in [4.69, 9.17) is 0 Å². The minimum Gasteiger partial charge on any atom is -0.363 e. The van der Waals surface area contributed by atoms with Crippen molar-refractivity contribution >= 4 is 22.4 Å². The van der Waals surface area contributed by atoms with Crippen LogP contribution in [0.4, 0.5) is 5.13 Å². The van der Waals surface area contributed by atoms with E-state index in [0.717, 1.165) is 12.8 Å². The van der Waals surface area contributed by atoms with Gasteiger partial charge in [-0.05, 0) is 24.7 Å². The van der Waals surface area contributed by atoms with Gasteiger partial charge in [-0.15, -0.1) is 10.2 Å². The van der Waals surface area contributed by atoms with Crippen LogP contribution in [0.2, 0.25) is 0 Å². The van der Waals surface area contributed by atoms with E-state index in [1.165, 1.54) is 24.2 Å². The zero-order valence-corrected chi connectivity index (χ0v) is 11.9. The Morgan fingerprint density at radius 3 is 2.83 bits per heavy atom. The molecular weight excluding hydrogens is 248 g/mol. The summed E-state index contributed by atoms with van der Waals surface area (Å²) >= 11 is 1.28. The third kappa shape index (κ3) is 3.19. The molecule has 1 heterocycles. The summed E-state index contributed by atoms with van der Waals surface area (Å²) in [6.45, 7) is 4.52. The standard InChI is InChI=1S/C12H20N4OS/c1-12(2)6-4-5-8(7-12)14-9(17)10-15-16-11(13-3)18-10/h8H,4-7H2,1-3H3,(H,13,16)(H,14,17). The Kier molecular flexibility index (Phi) is 3.85. The molecule has 100 valence electrons. The van der Waals surface area contributed by atoms with E-state index in [-0.39, 0.29) is 11.9 Å². The summed E-state index contributed by atoms with van der Waals surface area (Å²) in [4.78, 5) is 12.0. The average Bonchev–Trinajstić information content (AvgIpc) is 2.76. The summed E-state index contributed by atoms with van der Waals surface area (Å²) in [7, 11) is 1.77. The Morgan fingerprint density at radius 1 is 1.44 bits per heavy atom. The number of carbonyl (C=O) groups excluding carboxylic acids is 1. The SMILES string of the molecule is CNc1nnc(C(=O)NC2CCCC(C)(C)C2)s1. The highest BCUT2D eigenvalue weighted by molar-refractivity contribution is 7.17. The molecule has 1 aliphatic rings. The van der Waals surface area contributed by atoms with Gasteiger partial charge in [-0.3, -0.25) is 4.79 Å². The second-order valence-electron chi connectivity index (χ2n) is 5.59. The van der Waals surface area contributed by atoms with Crippen LogP contribution in [-0.2, 0) is 0 Å². The Labute approximate surface area is 111 Å². The lowest BCUT2D eigenvalue weighted by atomic mass is 9.75. The first-order valence-electron chi connectivity index (χ1n) is 6.32. The predicted molar refractivity (Wildman–Crippen MR) is 73.0 cm³/mol. The summed E-state index contributed by atoms with van der Waals surface area (Å²) in [5, 5.41) is 14.8. The van der Waals surface area contributed by atoms with Crippen molar-refractivity contribution in [2.45, 2.75) is 45.6 Å². The van der Waals surface area contributed by atoms with Crippen molar-refractivity contribution < 1.29 is 4.79 Å². The van der Waals surface area contributed by atoms with Gasteiger partial charge >= 0.3 is 0 Å². The fourth-order valence-electron chi connectivity index (χ4n) is 2.48. The average molecular weight is 268 g/mol. The van der Waals surface area contributed by atoms with Crippen LogP contribution in [-0.4, -0.2) is 29.2 Å². The summed E-state index contributed by atoms with van der Waals surface area (Å²) in [6.07, 6.45) is 4.52. The lowest BCUT2D eigenvalue weighted by molar-refractivity contribution is 0.0901. The molecule has 18 heavy (non-hydrogen) atoms. The molecule has 1 atom stereocenters. The summed E-state index contributed by atoms with van der Waals surface area (Å²) < 4.78 is 0. The molecule has 0 aromatic carbocycles. The van der Waals surface area contributed by atoms with Crippen molar-refractivity contribution in [3.05, 3.63) is 5.01 Å². The summed E-state index contributed by atoms with van der Waals surface area (Å²) in [6, 6.07) is 0.267. The number of hydrogen-bond acceptors (Lipinski definition) is 5. The normalized spacial score (nSPS) is 22.5. The number of aromatic nitrogens is 2. The third-order valence-electron chi connectivity index (χ3n) is 3.37. The predicted octanol–water partition coefficient (Wildman–Crippen LogP) is 2.28. The zero-order valence-electron chi connectivity index (χ0n) is 11.1. The molecule has 1 aliphatic carbocycles. The molecule has 2 N–H and O–H groups in total. The highest BCUT2D eigenvalue weighted by atomic mass is 32.1.